The first-order valence-corrected chi connectivity index (χ1v) is 6.96. The second-order valence-electron chi connectivity index (χ2n) is 5.43. The molecule has 1 atom stereocenters. The lowest BCUT2D eigenvalue weighted by Crippen LogP contribution is -2.30. The SMILES string of the molecule is CCNC(COC(C)(C)C)c1ccc(Cl)c(OC)c1. The second-order valence-corrected chi connectivity index (χ2v) is 5.83. The van der Waals surface area contributed by atoms with Crippen molar-refractivity contribution in [3.63, 3.8) is 0 Å². The third-order valence-corrected chi connectivity index (χ3v) is 3.02. The molecular weight excluding hydrogens is 262 g/mol. The minimum atomic E-state index is -0.149. The van der Waals surface area contributed by atoms with Gasteiger partial charge in [0.15, 0.2) is 0 Å². The van der Waals surface area contributed by atoms with Gasteiger partial charge < -0.3 is 14.8 Å². The predicted octanol–water partition coefficient (Wildman–Crippen LogP) is 3.81. The molecule has 108 valence electrons. The van der Waals surface area contributed by atoms with Crippen molar-refractivity contribution in [2.45, 2.75) is 39.3 Å². The summed E-state index contributed by atoms with van der Waals surface area (Å²) in [6.07, 6.45) is 0. The molecule has 0 amide bonds. The Morgan fingerprint density at radius 3 is 2.53 bits per heavy atom. The van der Waals surface area contributed by atoms with Crippen molar-refractivity contribution in [2.24, 2.45) is 0 Å². The first-order valence-electron chi connectivity index (χ1n) is 6.58. The molecule has 0 saturated carbocycles. The van der Waals surface area contributed by atoms with E-state index in [9.17, 15) is 0 Å². The second kappa shape index (κ2) is 7.13. The zero-order chi connectivity index (χ0) is 14.5. The Hall–Kier alpha value is -0.770. The fourth-order valence-electron chi connectivity index (χ4n) is 1.75. The number of ether oxygens (including phenoxy) is 2. The highest BCUT2D eigenvalue weighted by Crippen LogP contribution is 2.28. The monoisotopic (exact) mass is 285 g/mol. The highest BCUT2D eigenvalue weighted by atomic mass is 35.5. The molecule has 1 rings (SSSR count). The van der Waals surface area contributed by atoms with Gasteiger partial charge in [0.25, 0.3) is 0 Å². The van der Waals surface area contributed by atoms with Crippen LogP contribution in [-0.4, -0.2) is 25.9 Å². The maximum atomic E-state index is 6.05. The smallest absolute Gasteiger partial charge is 0.137 e. The Morgan fingerprint density at radius 2 is 2.00 bits per heavy atom. The highest BCUT2D eigenvalue weighted by molar-refractivity contribution is 6.32. The number of hydrogen-bond acceptors (Lipinski definition) is 3. The van der Waals surface area contributed by atoms with Gasteiger partial charge in [-0.1, -0.05) is 24.6 Å². The molecule has 0 aromatic heterocycles. The van der Waals surface area contributed by atoms with Crippen molar-refractivity contribution in [1.29, 1.82) is 0 Å². The van der Waals surface area contributed by atoms with Crippen LogP contribution in [-0.2, 0) is 4.74 Å². The Bertz CT molecular complexity index is 402. The fourth-order valence-corrected chi connectivity index (χ4v) is 1.94. The number of benzene rings is 1. The molecule has 0 fully saturated rings. The number of hydrogen-bond donors (Lipinski definition) is 1. The van der Waals surface area contributed by atoms with Crippen LogP contribution in [0.3, 0.4) is 0 Å². The Kier molecular flexibility index (Phi) is 6.11. The predicted molar refractivity (Wildman–Crippen MR) is 80.1 cm³/mol. The van der Waals surface area contributed by atoms with Crippen LogP contribution in [0.4, 0.5) is 0 Å². The maximum absolute atomic E-state index is 6.05. The van der Waals surface area contributed by atoms with Crippen molar-refractivity contribution in [2.75, 3.05) is 20.3 Å². The number of halogens is 1. The summed E-state index contributed by atoms with van der Waals surface area (Å²) in [7, 11) is 1.62. The summed E-state index contributed by atoms with van der Waals surface area (Å²) in [5.74, 6) is 0.692. The molecule has 0 saturated heterocycles. The topological polar surface area (TPSA) is 30.5 Å². The average molecular weight is 286 g/mol. The lowest BCUT2D eigenvalue weighted by atomic mass is 10.1. The van der Waals surface area contributed by atoms with E-state index in [0.717, 1.165) is 12.1 Å². The van der Waals surface area contributed by atoms with Crippen LogP contribution in [0.25, 0.3) is 0 Å². The number of rotatable bonds is 6. The van der Waals surface area contributed by atoms with E-state index in [0.29, 0.717) is 17.4 Å². The molecule has 0 aliphatic rings. The van der Waals surface area contributed by atoms with E-state index in [1.54, 1.807) is 7.11 Å². The van der Waals surface area contributed by atoms with E-state index in [-0.39, 0.29) is 11.6 Å². The zero-order valence-electron chi connectivity index (χ0n) is 12.4. The van der Waals surface area contributed by atoms with Gasteiger partial charge in [0.2, 0.25) is 0 Å². The van der Waals surface area contributed by atoms with Gasteiger partial charge in [-0.3, -0.25) is 0 Å². The van der Waals surface area contributed by atoms with Crippen molar-refractivity contribution >= 4 is 11.6 Å². The summed E-state index contributed by atoms with van der Waals surface area (Å²) in [6.45, 7) is 9.73. The van der Waals surface area contributed by atoms with Crippen LogP contribution in [0.2, 0.25) is 5.02 Å². The Balaban J connectivity index is 2.86. The molecular formula is C15H24ClNO2. The van der Waals surface area contributed by atoms with Crippen LogP contribution in [0.5, 0.6) is 5.75 Å². The third kappa shape index (κ3) is 5.39. The summed E-state index contributed by atoms with van der Waals surface area (Å²) in [4.78, 5) is 0. The van der Waals surface area contributed by atoms with E-state index in [4.69, 9.17) is 21.1 Å². The zero-order valence-corrected chi connectivity index (χ0v) is 13.2. The first kappa shape index (κ1) is 16.3. The van der Waals surface area contributed by atoms with Crippen molar-refractivity contribution in [1.82, 2.24) is 5.32 Å². The van der Waals surface area contributed by atoms with Gasteiger partial charge in [-0.25, -0.2) is 0 Å². The molecule has 0 spiro atoms. The van der Waals surface area contributed by atoms with Gasteiger partial charge in [0.05, 0.1) is 30.4 Å². The summed E-state index contributed by atoms with van der Waals surface area (Å²) >= 11 is 6.05. The molecule has 1 aromatic rings. The minimum absolute atomic E-state index is 0.135. The van der Waals surface area contributed by atoms with Gasteiger partial charge in [0, 0.05) is 0 Å². The van der Waals surface area contributed by atoms with E-state index in [1.165, 1.54) is 0 Å². The van der Waals surface area contributed by atoms with Crippen LogP contribution in [0, 0.1) is 0 Å². The molecule has 0 bridgehead atoms. The van der Waals surface area contributed by atoms with Gasteiger partial charge in [-0.15, -0.1) is 0 Å². The van der Waals surface area contributed by atoms with Crippen molar-refractivity contribution in [3.05, 3.63) is 28.8 Å². The quantitative estimate of drug-likeness (QED) is 0.862. The molecule has 0 radical (unpaired) electrons. The largest absolute Gasteiger partial charge is 0.495 e. The average Bonchev–Trinajstić information content (AvgIpc) is 2.34. The number of methoxy groups -OCH3 is 1. The lowest BCUT2D eigenvalue weighted by molar-refractivity contribution is -0.0146. The summed E-state index contributed by atoms with van der Waals surface area (Å²) < 4.78 is 11.1. The number of likely N-dealkylation sites (N-methyl/N-ethyl adjacent to an activating group) is 1. The van der Waals surface area contributed by atoms with E-state index < -0.39 is 0 Å². The summed E-state index contributed by atoms with van der Waals surface area (Å²) in [5, 5.41) is 4.04. The molecule has 1 unspecified atom stereocenters. The molecule has 19 heavy (non-hydrogen) atoms. The normalized spacial score (nSPS) is 13.4. The first-order chi connectivity index (χ1) is 8.87. The lowest BCUT2D eigenvalue weighted by Gasteiger charge is -2.25. The highest BCUT2D eigenvalue weighted by Gasteiger charge is 2.17. The third-order valence-electron chi connectivity index (χ3n) is 2.71. The van der Waals surface area contributed by atoms with E-state index in [1.807, 2.05) is 18.2 Å². The Morgan fingerprint density at radius 1 is 1.32 bits per heavy atom. The van der Waals surface area contributed by atoms with Crippen LogP contribution >= 0.6 is 11.6 Å². The minimum Gasteiger partial charge on any atom is -0.495 e. The number of nitrogens with one attached hydrogen (secondary N) is 1. The van der Waals surface area contributed by atoms with Gasteiger partial charge in [-0.05, 0) is 45.0 Å². The Labute approximate surface area is 121 Å². The molecule has 0 aliphatic carbocycles. The molecule has 1 aromatic carbocycles. The van der Waals surface area contributed by atoms with Crippen LogP contribution in [0.15, 0.2) is 18.2 Å². The van der Waals surface area contributed by atoms with Crippen molar-refractivity contribution in [3.8, 4) is 5.75 Å². The summed E-state index contributed by atoms with van der Waals surface area (Å²) in [6, 6.07) is 5.96. The molecule has 0 aliphatic heterocycles. The standard InChI is InChI=1S/C15H24ClNO2/c1-6-17-13(10-19-15(2,3)4)11-7-8-12(16)14(9-11)18-5/h7-9,13,17H,6,10H2,1-5H3. The maximum Gasteiger partial charge on any atom is 0.137 e. The fraction of sp³-hybridized carbons (Fsp3) is 0.600. The van der Waals surface area contributed by atoms with Gasteiger partial charge in [0.1, 0.15) is 5.75 Å². The molecule has 4 heteroatoms. The summed E-state index contributed by atoms with van der Waals surface area (Å²) in [5.41, 5.74) is 0.969. The van der Waals surface area contributed by atoms with Crippen LogP contribution < -0.4 is 10.1 Å². The van der Waals surface area contributed by atoms with Gasteiger partial charge in [-0.2, -0.15) is 0 Å². The van der Waals surface area contributed by atoms with Crippen LogP contribution in [0.1, 0.15) is 39.3 Å². The van der Waals surface area contributed by atoms with E-state index in [2.05, 4.69) is 33.0 Å². The van der Waals surface area contributed by atoms with E-state index >= 15 is 0 Å². The van der Waals surface area contributed by atoms with Crippen molar-refractivity contribution < 1.29 is 9.47 Å². The molecule has 3 nitrogen and oxygen atoms in total. The molecule has 1 N–H and O–H groups in total. The molecule has 0 heterocycles. The van der Waals surface area contributed by atoms with Gasteiger partial charge >= 0.3 is 0 Å².